The van der Waals surface area contributed by atoms with Crippen LogP contribution in [0.25, 0.3) is 0 Å². The molecule has 140 valence electrons. The van der Waals surface area contributed by atoms with Crippen molar-refractivity contribution in [3.63, 3.8) is 0 Å². The van der Waals surface area contributed by atoms with Gasteiger partial charge in [-0.2, -0.15) is 0 Å². The van der Waals surface area contributed by atoms with Crippen LogP contribution in [0.15, 0.2) is 29.4 Å². The number of pyridine rings is 1. The molecule has 0 unspecified atom stereocenters. The molecule has 0 aromatic carbocycles. The molecule has 0 amide bonds. The lowest BCUT2D eigenvalue weighted by molar-refractivity contribution is 0.190. The van der Waals surface area contributed by atoms with Gasteiger partial charge in [0, 0.05) is 37.9 Å². The Morgan fingerprint density at radius 3 is 2.80 bits per heavy atom. The van der Waals surface area contributed by atoms with Crippen LogP contribution in [-0.4, -0.2) is 55.1 Å². The van der Waals surface area contributed by atoms with Crippen LogP contribution >= 0.6 is 0 Å². The summed E-state index contributed by atoms with van der Waals surface area (Å²) in [5.41, 5.74) is 1.11. The Bertz CT molecular complexity index is 480. The minimum absolute atomic E-state index is 0.856. The molecule has 1 saturated heterocycles. The summed E-state index contributed by atoms with van der Waals surface area (Å²) in [6.45, 7) is 10.9. The van der Waals surface area contributed by atoms with E-state index in [0.717, 1.165) is 50.0 Å². The summed E-state index contributed by atoms with van der Waals surface area (Å²) in [5, 5.41) is 6.72. The van der Waals surface area contributed by atoms with E-state index in [2.05, 4.69) is 40.4 Å². The Kier molecular flexibility index (Phi) is 9.34. The second-order valence-corrected chi connectivity index (χ2v) is 6.99. The average Bonchev–Trinajstić information content (AvgIpc) is 2.64. The second kappa shape index (κ2) is 11.9. The van der Waals surface area contributed by atoms with E-state index in [1.54, 1.807) is 0 Å². The van der Waals surface area contributed by atoms with E-state index in [1.807, 2.05) is 18.3 Å². The average molecular weight is 346 g/mol. The number of aliphatic imine (C=N–C) groups is 1. The van der Waals surface area contributed by atoms with Crippen LogP contribution in [-0.2, 0) is 6.42 Å². The summed E-state index contributed by atoms with van der Waals surface area (Å²) < 4.78 is 0. The zero-order chi connectivity index (χ0) is 17.7. The van der Waals surface area contributed by atoms with Crippen molar-refractivity contribution < 1.29 is 0 Å². The van der Waals surface area contributed by atoms with E-state index in [0.29, 0.717) is 0 Å². The number of guanidine groups is 1. The van der Waals surface area contributed by atoms with Crippen LogP contribution in [0.1, 0.15) is 45.2 Å². The minimum atomic E-state index is 0.856. The van der Waals surface area contributed by atoms with Gasteiger partial charge < -0.3 is 15.5 Å². The fourth-order valence-electron chi connectivity index (χ4n) is 3.12. The third-order valence-corrected chi connectivity index (χ3v) is 4.77. The topological polar surface area (TPSA) is 52.6 Å². The Hall–Kier alpha value is -1.62. The Labute approximate surface area is 153 Å². The lowest BCUT2D eigenvalue weighted by atomic mass is 9.99. The molecule has 2 N–H and O–H groups in total. The summed E-state index contributed by atoms with van der Waals surface area (Å²) in [6, 6.07) is 6.05. The smallest absolute Gasteiger partial charge is 0.191 e. The summed E-state index contributed by atoms with van der Waals surface area (Å²) in [7, 11) is 0. The van der Waals surface area contributed by atoms with Crippen LogP contribution < -0.4 is 10.6 Å². The molecule has 5 nitrogen and oxygen atoms in total. The van der Waals surface area contributed by atoms with Crippen LogP contribution in [0.2, 0.25) is 0 Å². The van der Waals surface area contributed by atoms with Gasteiger partial charge in [0.25, 0.3) is 0 Å². The largest absolute Gasteiger partial charge is 0.357 e. The third-order valence-electron chi connectivity index (χ3n) is 4.77. The van der Waals surface area contributed by atoms with E-state index in [9.17, 15) is 0 Å². The van der Waals surface area contributed by atoms with Gasteiger partial charge in [-0.1, -0.05) is 13.0 Å². The zero-order valence-corrected chi connectivity index (χ0v) is 16.0. The quantitative estimate of drug-likeness (QED) is 0.410. The van der Waals surface area contributed by atoms with Crippen molar-refractivity contribution in [2.24, 2.45) is 10.9 Å². The monoisotopic (exact) mass is 345 g/mol. The maximum Gasteiger partial charge on any atom is 0.191 e. The van der Waals surface area contributed by atoms with E-state index in [1.165, 1.54) is 38.9 Å². The second-order valence-electron chi connectivity index (χ2n) is 6.99. The van der Waals surface area contributed by atoms with Crippen molar-refractivity contribution in [3.05, 3.63) is 30.1 Å². The number of rotatable bonds is 9. The molecule has 0 bridgehead atoms. The first-order valence-corrected chi connectivity index (χ1v) is 9.92. The third kappa shape index (κ3) is 8.34. The molecule has 1 fully saturated rings. The first kappa shape index (κ1) is 19.7. The summed E-state index contributed by atoms with van der Waals surface area (Å²) >= 11 is 0. The Morgan fingerprint density at radius 1 is 1.24 bits per heavy atom. The summed E-state index contributed by atoms with van der Waals surface area (Å²) in [6.07, 6.45) is 7.89. The maximum absolute atomic E-state index is 4.69. The fourth-order valence-corrected chi connectivity index (χ4v) is 3.12. The van der Waals surface area contributed by atoms with Crippen LogP contribution in [0.4, 0.5) is 0 Å². The van der Waals surface area contributed by atoms with Gasteiger partial charge in [-0.15, -0.1) is 0 Å². The van der Waals surface area contributed by atoms with Crippen LogP contribution in [0.5, 0.6) is 0 Å². The SMILES string of the molecule is CCNC(=NCCCCN1CCC(C)CC1)NCCc1ccccn1. The fraction of sp³-hybridized carbons (Fsp3) is 0.700. The molecule has 5 heteroatoms. The molecule has 1 aliphatic heterocycles. The molecule has 0 aliphatic carbocycles. The van der Waals surface area contributed by atoms with Gasteiger partial charge in [0.1, 0.15) is 0 Å². The maximum atomic E-state index is 4.69. The van der Waals surface area contributed by atoms with Crippen molar-refractivity contribution in [1.29, 1.82) is 0 Å². The first-order chi connectivity index (χ1) is 12.3. The van der Waals surface area contributed by atoms with Crippen molar-refractivity contribution in [2.45, 2.75) is 46.0 Å². The highest BCUT2D eigenvalue weighted by molar-refractivity contribution is 5.79. The highest BCUT2D eigenvalue weighted by Gasteiger charge is 2.14. The van der Waals surface area contributed by atoms with Gasteiger partial charge in [0.15, 0.2) is 5.96 Å². The first-order valence-electron chi connectivity index (χ1n) is 9.92. The van der Waals surface area contributed by atoms with Crippen molar-refractivity contribution in [3.8, 4) is 0 Å². The highest BCUT2D eigenvalue weighted by Crippen LogP contribution is 2.16. The highest BCUT2D eigenvalue weighted by atomic mass is 15.2. The van der Waals surface area contributed by atoms with Gasteiger partial charge in [-0.3, -0.25) is 9.98 Å². The lowest BCUT2D eigenvalue weighted by Crippen LogP contribution is -2.38. The molecule has 25 heavy (non-hydrogen) atoms. The molecule has 2 rings (SSSR count). The zero-order valence-electron chi connectivity index (χ0n) is 16.0. The lowest BCUT2D eigenvalue weighted by Gasteiger charge is -2.30. The van der Waals surface area contributed by atoms with Crippen molar-refractivity contribution in [2.75, 3.05) is 39.3 Å². The molecular formula is C20H35N5. The number of hydrogen-bond acceptors (Lipinski definition) is 3. The van der Waals surface area contributed by atoms with Gasteiger partial charge >= 0.3 is 0 Å². The number of nitrogens with one attached hydrogen (secondary N) is 2. The van der Waals surface area contributed by atoms with Crippen LogP contribution in [0.3, 0.4) is 0 Å². The van der Waals surface area contributed by atoms with E-state index < -0.39 is 0 Å². The number of hydrogen-bond donors (Lipinski definition) is 2. The minimum Gasteiger partial charge on any atom is -0.357 e. The van der Waals surface area contributed by atoms with Crippen molar-refractivity contribution >= 4 is 5.96 Å². The number of likely N-dealkylation sites (tertiary alicyclic amines) is 1. The van der Waals surface area contributed by atoms with Gasteiger partial charge in [-0.25, -0.2) is 0 Å². The molecule has 1 aromatic rings. The Balaban J connectivity index is 1.60. The molecule has 1 aliphatic rings. The number of nitrogens with zero attached hydrogens (tertiary/aromatic N) is 3. The van der Waals surface area contributed by atoms with Gasteiger partial charge in [0.05, 0.1) is 0 Å². The molecule has 0 radical (unpaired) electrons. The molecule has 0 saturated carbocycles. The standard InChI is InChI=1S/C20H35N5/c1-3-21-20(24-14-9-19-8-4-5-12-22-19)23-13-6-7-15-25-16-10-18(2)11-17-25/h4-5,8,12,18H,3,6-7,9-11,13-17H2,1-2H3,(H2,21,23,24). The predicted molar refractivity (Wildman–Crippen MR) is 106 cm³/mol. The molecule has 0 spiro atoms. The van der Waals surface area contributed by atoms with E-state index in [4.69, 9.17) is 4.99 Å². The summed E-state index contributed by atoms with van der Waals surface area (Å²) in [4.78, 5) is 11.7. The number of unbranched alkanes of at least 4 members (excludes halogenated alkanes) is 1. The van der Waals surface area contributed by atoms with Crippen molar-refractivity contribution in [1.82, 2.24) is 20.5 Å². The molecule has 1 aromatic heterocycles. The molecular weight excluding hydrogens is 310 g/mol. The number of piperidine rings is 1. The Morgan fingerprint density at radius 2 is 2.08 bits per heavy atom. The predicted octanol–water partition coefficient (Wildman–Crippen LogP) is 2.69. The molecule has 2 heterocycles. The van der Waals surface area contributed by atoms with Gasteiger partial charge in [0.2, 0.25) is 0 Å². The van der Waals surface area contributed by atoms with E-state index in [-0.39, 0.29) is 0 Å². The van der Waals surface area contributed by atoms with E-state index >= 15 is 0 Å². The summed E-state index contributed by atoms with van der Waals surface area (Å²) in [5.74, 6) is 1.84. The van der Waals surface area contributed by atoms with Gasteiger partial charge in [-0.05, 0) is 70.3 Å². The van der Waals surface area contributed by atoms with Crippen LogP contribution in [0, 0.1) is 5.92 Å². The normalized spacial score (nSPS) is 16.8. The molecule has 0 atom stereocenters. The number of aromatic nitrogens is 1.